The van der Waals surface area contributed by atoms with Crippen LogP contribution in [-0.2, 0) is 6.54 Å². The molecule has 0 spiro atoms. The number of nitrogens with zero attached hydrogens (tertiary/aromatic N) is 2. The number of halogens is 1. The molecule has 7 heteroatoms. The van der Waals surface area contributed by atoms with Gasteiger partial charge in [0.25, 0.3) is 11.5 Å². The average molecular weight is 372 g/mol. The molecular formula is C19H18ClN3O3. The summed E-state index contributed by atoms with van der Waals surface area (Å²) in [5, 5.41) is 0.963. The number of para-hydroxylation sites is 1. The van der Waals surface area contributed by atoms with Crippen LogP contribution in [-0.4, -0.2) is 34.4 Å². The molecule has 1 heterocycles. The Morgan fingerprint density at radius 1 is 1.27 bits per heavy atom. The minimum atomic E-state index is -0.248. The summed E-state index contributed by atoms with van der Waals surface area (Å²) in [6, 6.07) is 12.0. The van der Waals surface area contributed by atoms with E-state index in [1.54, 1.807) is 41.3 Å². The lowest BCUT2D eigenvalue weighted by Gasteiger charge is -2.21. The smallest absolute Gasteiger partial charge is 0.258 e. The maximum absolute atomic E-state index is 12.9. The monoisotopic (exact) mass is 371 g/mol. The van der Waals surface area contributed by atoms with E-state index >= 15 is 0 Å². The van der Waals surface area contributed by atoms with Crippen LogP contribution in [0, 0.1) is 0 Å². The van der Waals surface area contributed by atoms with Crippen LogP contribution in [0.15, 0.2) is 47.3 Å². The predicted octanol–water partition coefficient (Wildman–Crippen LogP) is 3.25. The topological polar surface area (TPSA) is 75.3 Å². The molecule has 6 nitrogen and oxygen atoms in total. The van der Waals surface area contributed by atoms with E-state index in [1.165, 1.54) is 7.11 Å². The van der Waals surface area contributed by atoms with Gasteiger partial charge in [0.15, 0.2) is 0 Å². The largest absolute Gasteiger partial charge is 0.496 e. The molecule has 134 valence electrons. The van der Waals surface area contributed by atoms with E-state index in [4.69, 9.17) is 16.3 Å². The number of benzene rings is 2. The molecule has 0 unspecified atom stereocenters. The minimum absolute atomic E-state index is 0.172. The van der Waals surface area contributed by atoms with Gasteiger partial charge in [-0.25, -0.2) is 4.98 Å². The number of carbonyl (C=O) groups excluding carboxylic acids is 1. The number of ether oxygens (including phenoxy) is 1. The van der Waals surface area contributed by atoms with E-state index < -0.39 is 0 Å². The molecule has 26 heavy (non-hydrogen) atoms. The SMILES string of the molecule is CCN(Cc1nc2ccccc2c(=O)[nH]1)C(=O)c1cc(Cl)ccc1OC. The number of aromatic nitrogens is 2. The summed E-state index contributed by atoms with van der Waals surface area (Å²) in [7, 11) is 1.50. The minimum Gasteiger partial charge on any atom is -0.496 e. The van der Waals surface area contributed by atoms with Crippen LogP contribution in [0.2, 0.25) is 5.02 Å². The molecule has 0 aliphatic rings. The standard InChI is InChI=1S/C19H18ClN3O3/c1-3-23(19(25)14-10-12(20)8-9-16(14)26-2)11-17-21-15-7-5-4-6-13(15)18(24)22-17/h4-10H,3,11H2,1-2H3,(H,21,22,24). The summed E-state index contributed by atoms with van der Waals surface area (Å²) >= 11 is 6.03. The molecule has 0 aliphatic carbocycles. The second-order valence-corrected chi connectivity index (χ2v) is 6.13. The molecule has 0 radical (unpaired) electrons. The third kappa shape index (κ3) is 3.55. The molecule has 0 saturated carbocycles. The first kappa shape index (κ1) is 17.9. The van der Waals surface area contributed by atoms with Crippen molar-refractivity contribution in [1.82, 2.24) is 14.9 Å². The molecule has 0 atom stereocenters. The zero-order valence-electron chi connectivity index (χ0n) is 14.5. The Hall–Kier alpha value is -2.86. The summed E-state index contributed by atoms with van der Waals surface area (Å²) in [5.41, 5.74) is 0.731. The van der Waals surface area contributed by atoms with Gasteiger partial charge in [-0.15, -0.1) is 0 Å². The van der Waals surface area contributed by atoms with Gasteiger partial charge in [-0.2, -0.15) is 0 Å². The van der Waals surface area contributed by atoms with E-state index in [0.29, 0.717) is 39.6 Å². The third-order valence-electron chi connectivity index (χ3n) is 4.06. The van der Waals surface area contributed by atoms with Crippen LogP contribution in [0.25, 0.3) is 10.9 Å². The number of rotatable bonds is 5. The molecule has 0 aliphatic heterocycles. The fourth-order valence-electron chi connectivity index (χ4n) is 2.74. The number of H-pyrrole nitrogens is 1. The van der Waals surface area contributed by atoms with Crippen molar-refractivity contribution in [2.75, 3.05) is 13.7 Å². The number of amides is 1. The van der Waals surface area contributed by atoms with E-state index in [-0.39, 0.29) is 18.0 Å². The fourth-order valence-corrected chi connectivity index (χ4v) is 2.91. The normalized spacial score (nSPS) is 10.7. The first-order chi connectivity index (χ1) is 12.5. The summed E-state index contributed by atoms with van der Waals surface area (Å²) in [5.74, 6) is 0.616. The molecule has 1 aromatic heterocycles. The Labute approximate surface area is 155 Å². The van der Waals surface area contributed by atoms with Crippen molar-refractivity contribution >= 4 is 28.4 Å². The molecule has 1 amide bonds. The quantitative estimate of drug-likeness (QED) is 0.747. The summed E-state index contributed by atoms with van der Waals surface area (Å²) in [6.45, 7) is 2.46. The van der Waals surface area contributed by atoms with Gasteiger partial charge in [-0.05, 0) is 37.3 Å². The first-order valence-electron chi connectivity index (χ1n) is 8.14. The zero-order chi connectivity index (χ0) is 18.7. The third-order valence-corrected chi connectivity index (χ3v) is 4.30. The van der Waals surface area contributed by atoms with Crippen molar-refractivity contribution < 1.29 is 9.53 Å². The van der Waals surface area contributed by atoms with Crippen molar-refractivity contribution in [1.29, 1.82) is 0 Å². The van der Waals surface area contributed by atoms with Crippen molar-refractivity contribution in [2.45, 2.75) is 13.5 Å². The predicted molar refractivity (Wildman–Crippen MR) is 101 cm³/mol. The number of hydrogen-bond donors (Lipinski definition) is 1. The molecule has 3 aromatic rings. The summed E-state index contributed by atoms with van der Waals surface area (Å²) in [6.07, 6.45) is 0. The van der Waals surface area contributed by atoms with Gasteiger partial charge in [-0.1, -0.05) is 23.7 Å². The summed E-state index contributed by atoms with van der Waals surface area (Å²) < 4.78 is 5.26. The number of methoxy groups -OCH3 is 1. The van der Waals surface area contributed by atoms with Crippen LogP contribution in [0.1, 0.15) is 23.1 Å². The van der Waals surface area contributed by atoms with Gasteiger partial charge < -0.3 is 14.6 Å². The Morgan fingerprint density at radius 2 is 2.04 bits per heavy atom. The van der Waals surface area contributed by atoms with Crippen LogP contribution in [0.4, 0.5) is 0 Å². The molecule has 2 aromatic carbocycles. The van der Waals surface area contributed by atoms with Crippen LogP contribution in [0.3, 0.4) is 0 Å². The maximum atomic E-state index is 12.9. The number of nitrogens with one attached hydrogen (secondary N) is 1. The Kier molecular flexibility index (Phi) is 5.23. The average Bonchev–Trinajstić information content (AvgIpc) is 2.65. The fraction of sp³-hybridized carbons (Fsp3) is 0.211. The van der Waals surface area contributed by atoms with Gasteiger partial charge in [0.05, 0.1) is 30.1 Å². The highest BCUT2D eigenvalue weighted by molar-refractivity contribution is 6.31. The molecule has 3 rings (SSSR count). The Morgan fingerprint density at radius 3 is 2.77 bits per heavy atom. The molecule has 0 saturated heterocycles. The number of aromatic amines is 1. The van der Waals surface area contributed by atoms with E-state index in [0.717, 1.165) is 0 Å². The highest BCUT2D eigenvalue weighted by Gasteiger charge is 2.20. The van der Waals surface area contributed by atoms with Gasteiger partial charge in [0.2, 0.25) is 0 Å². The first-order valence-corrected chi connectivity index (χ1v) is 8.52. The molecular weight excluding hydrogens is 354 g/mol. The lowest BCUT2D eigenvalue weighted by atomic mass is 10.1. The van der Waals surface area contributed by atoms with Crippen LogP contribution < -0.4 is 10.3 Å². The van der Waals surface area contributed by atoms with Gasteiger partial charge in [-0.3, -0.25) is 9.59 Å². The highest BCUT2D eigenvalue weighted by Crippen LogP contribution is 2.24. The maximum Gasteiger partial charge on any atom is 0.258 e. The van der Waals surface area contributed by atoms with E-state index in [1.807, 2.05) is 13.0 Å². The van der Waals surface area contributed by atoms with Crippen molar-refractivity contribution in [3.05, 3.63) is 69.2 Å². The Bertz CT molecular complexity index is 1020. The molecule has 0 bridgehead atoms. The van der Waals surface area contributed by atoms with Gasteiger partial charge in [0, 0.05) is 11.6 Å². The van der Waals surface area contributed by atoms with E-state index in [2.05, 4.69) is 9.97 Å². The number of fused-ring (bicyclic) bond motifs is 1. The van der Waals surface area contributed by atoms with Crippen molar-refractivity contribution in [3.63, 3.8) is 0 Å². The van der Waals surface area contributed by atoms with Gasteiger partial charge in [0.1, 0.15) is 11.6 Å². The lowest BCUT2D eigenvalue weighted by molar-refractivity contribution is 0.0745. The van der Waals surface area contributed by atoms with Gasteiger partial charge >= 0.3 is 0 Å². The highest BCUT2D eigenvalue weighted by atomic mass is 35.5. The molecule has 1 N–H and O–H groups in total. The Balaban J connectivity index is 1.94. The summed E-state index contributed by atoms with van der Waals surface area (Å²) in [4.78, 5) is 33.9. The zero-order valence-corrected chi connectivity index (χ0v) is 15.2. The second kappa shape index (κ2) is 7.58. The lowest BCUT2D eigenvalue weighted by Crippen LogP contribution is -2.32. The molecule has 0 fully saturated rings. The second-order valence-electron chi connectivity index (χ2n) is 5.69. The van der Waals surface area contributed by atoms with Crippen LogP contribution >= 0.6 is 11.6 Å². The number of hydrogen-bond acceptors (Lipinski definition) is 4. The van der Waals surface area contributed by atoms with Crippen molar-refractivity contribution in [2.24, 2.45) is 0 Å². The number of carbonyl (C=O) groups is 1. The van der Waals surface area contributed by atoms with Crippen LogP contribution in [0.5, 0.6) is 5.75 Å². The van der Waals surface area contributed by atoms with E-state index in [9.17, 15) is 9.59 Å². The van der Waals surface area contributed by atoms with Crippen molar-refractivity contribution in [3.8, 4) is 5.75 Å².